The molecule has 3 heterocycles. The van der Waals surface area contributed by atoms with Crippen LogP contribution in [0.25, 0.3) is 16.9 Å². The van der Waals surface area contributed by atoms with Gasteiger partial charge >= 0.3 is 0 Å². The number of nitrogens with zero attached hydrogens (tertiary/aromatic N) is 4. The first-order valence-electron chi connectivity index (χ1n) is 14.0. The van der Waals surface area contributed by atoms with Gasteiger partial charge in [0.15, 0.2) is 0 Å². The average molecular weight is 608 g/mol. The first-order valence-corrected chi connectivity index (χ1v) is 15.4. The van der Waals surface area contributed by atoms with Crippen molar-refractivity contribution in [3.05, 3.63) is 130 Å². The van der Waals surface area contributed by atoms with E-state index in [0.717, 1.165) is 44.8 Å². The molecule has 1 N–H and O–H groups in total. The number of aromatic nitrogens is 3. The Morgan fingerprint density at radius 2 is 1.77 bits per heavy atom. The molecule has 0 unspecified atom stereocenters. The van der Waals surface area contributed by atoms with E-state index in [-0.39, 0.29) is 29.4 Å². The van der Waals surface area contributed by atoms with Crippen molar-refractivity contribution in [1.29, 1.82) is 0 Å². The smallest absolute Gasteiger partial charge is 0.240 e. The molecule has 7 nitrogen and oxygen atoms in total. The standard InChI is InChI=1S/C34H30ClN5O2S/c1-22-9-15-27(16-10-22)40-34-31(32(38-40)25-11-13-26(35)14-12-25)33(28-8-4-3-6-23(28)2)43-21-30(42)39(34)20-29(41)37-19-24-7-5-17-36-18-24/h3-18,33H,19-21H2,1-2H3,(H,37,41)/t33-/m1/s1. The normalized spacial score (nSPS) is 14.7. The Bertz CT molecular complexity index is 1770. The van der Waals surface area contributed by atoms with Crippen molar-refractivity contribution in [1.82, 2.24) is 20.1 Å². The van der Waals surface area contributed by atoms with Crippen LogP contribution in [0.15, 0.2) is 97.3 Å². The summed E-state index contributed by atoms with van der Waals surface area (Å²) >= 11 is 7.83. The Morgan fingerprint density at radius 1 is 1.00 bits per heavy atom. The van der Waals surface area contributed by atoms with Crippen LogP contribution in [0.3, 0.4) is 0 Å². The van der Waals surface area contributed by atoms with Gasteiger partial charge in [-0.05, 0) is 60.9 Å². The van der Waals surface area contributed by atoms with Crippen LogP contribution in [0.1, 0.15) is 33.1 Å². The van der Waals surface area contributed by atoms with E-state index < -0.39 is 0 Å². The highest BCUT2D eigenvalue weighted by Crippen LogP contribution is 2.49. The Kier molecular flexibility index (Phi) is 8.31. The SMILES string of the molecule is Cc1ccc(-n2nc(-c3ccc(Cl)cc3)c3c2N(CC(=O)NCc2cccnc2)C(=O)CS[C@@H]3c2ccccc2C)cc1. The molecule has 216 valence electrons. The number of amides is 2. The van der Waals surface area contributed by atoms with Gasteiger partial charge in [-0.15, -0.1) is 11.8 Å². The number of carbonyl (C=O) groups is 2. The minimum Gasteiger partial charge on any atom is -0.350 e. The Morgan fingerprint density at radius 3 is 2.49 bits per heavy atom. The summed E-state index contributed by atoms with van der Waals surface area (Å²) < 4.78 is 1.81. The molecule has 3 aromatic carbocycles. The summed E-state index contributed by atoms with van der Waals surface area (Å²) in [6.07, 6.45) is 3.40. The zero-order chi connectivity index (χ0) is 29.9. The Labute approximate surface area is 259 Å². The van der Waals surface area contributed by atoms with Crippen LogP contribution in [-0.2, 0) is 16.1 Å². The van der Waals surface area contributed by atoms with E-state index in [1.54, 1.807) is 29.1 Å². The number of benzene rings is 3. The van der Waals surface area contributed by atoms with Crippen molar-refractivity contribution in [2.24, 2.45) is 0 Å². The van der Waals surface area contributed by atoms with Crippen LogP contribution in [-0.4, -0.2) is 38.9 Å². The van der Waals surface area contributed by atoms with Crippen LogP contribution in [0.5, 0.6) is 0 Å². The van der Waals surface area contributed by atoms with Crippen LogP contribution in [0, 0.1) is 13.8 Å². The molecule has 0 bridgehead atoms. The molecule has 0 radical (unpaired) electrons. The number of halogens is 1. The van der Waals surface area contributed by atoms with Gasteiger partial charge in [-0.3, -0.25) is 19.5 Å². The van der Waals surface area contributed by atoms with Gasteiger partial charge in [-0.25, -0.2) is 4.68 Å². The molecule has 9 heteroatoms. The first kappa shape index (κ1) is 28.7. The number of pyridine rings is 1. The van der Waals surface area contributed by atoms with E-state index >= 15 is 0 Å². The molecule has 1 atom stereocenters. The molecule has 0 spiro atoms. The highest BCUT2D eigenvalue weighted by Gasteiger charge is 2.38. The predicted molar refractivity (Wildman–Crippen MR) is 173 cm³/mol. The van der Waals surface area contributed by atoms with Gasteiger partial charge in [-0.2, -0.15) is 5.10 Å². The summed E-state index contributed by atoms with van der Waals surface area (Å²) in [7, 11) is 0. The van der Waals surface area contributed by atoms with E-state index in [0.29, 0.717) is 17.4 Å². The van der Waals surface area contributed by atoms with E-state index in [4.69, 9.17) is 16.7 Å². The number of thioether (sulfide) groups is 1. The summed E-state index contributed by atoms with van der Waals surface area (Å²) in [6, 6.07) is 27.5. The van der Waals surface area contributed by atoms with E-state index in [1.807, 2.05) is 84.4 Å². The fraction of sp³-hybridized carbons (Fsp3) is 0.176. The fourth-order valence-electron chi connectivity index (χ4n) is 5.24. The lowest BCUT2D eigenvalue weighted by atomic mass is 9.96. The minimum atomic E-state index is -0.271. The van der Waals surface area contributed by atoms with Crippen molar-refractivity contribution in [3.8, 4) is 16.9 Å². The third-order valence-corrected chi connectivity index (χ3v) is 8.96. The number of rotatable bonds is 7. The number of fused-ring (bicyclic) bond motifs is 1. The summed E-state index contributed by atoms with van der Waals surface area (Å²) in [5.74, 6) is 0.368. The molecule has 1 aliphatic heterocycles. The van der Waals surface area contributed by atoms with Crippen molar-refractivity contribution in [2.45, 2.75) is 25.6 Å². The molecule has 6 rings (SSSR count). The van der Waals surface area contributed by atoms with E-state index in [1.165, 1.54) is 0 Å². The van der Waals surface area contributed by atoms with Crippen molar-refractivity contribution < 1.29 is 9.59 Å². The molecule has 5 aromatic rings. The largest absolute Gasteiger partial charge is 0.350 e. The fourth-order valence-corrected chi connectivity index (χ4v) is 6.65. The van der Waals surface area contributed by atoms with Crippen molar-refractivity contribution >= 4 is 41.0 Å². The summed E-state index contributed by atoms with van der Waals surface area (Å²) in [5.41, 5.74) is 7.50. The van der Waals surface area contributed by atoms with Crippen LogP contribution >= 0.6 is 23.4 Å². The maximum Gasteiger partial charge on any atom is 0.240 e. The van der Waals surface area contributed by atoms with Crippen LogP contribution < -0.4 is 10.2 Å². The van der Waals surface area contributed by atoms with Gasteiger partial charge in [0.25, 0.3) is 0 Å². The highest BCUT2D eigenvalue weighted by molar-refractivity contribution is 8.00. The van der Waals surface area contributed by atoms with Crippen LogP contribution in [0.4, 0.5) is 5.82 Å². The van der Waals surface area contributed by atoms with Crippen LogP contribution in [0.2, 0.25) is 5.02 Å². The minimum absolute atomic E-state index is 0.148. The lowest BCUT2D eigenvalue weighted by Crippen LogP contribution is -2.42. The molecule has 0 saturated carbocycles. The molecule has 0 saturated heterocycles. The second kappa shape index (κ2) is 12.5. The van der Waals surface area contributed by atoms with E-state index in [2.05, 4.69) is 29.4 Å². The van der Waals surface area contributed by atoms with Gasteiger partial charge in [0.1, 0.15) is 12.4 Å². The predicted octanol–water partition coefficient (Wildman–Crippen LogP) is 6.69. The van der Waals surface area contributed by atoms with Gasteiger partial charge in [-0.1, -0.05) is 71.8 Å². The van der Waals surface area contributed by atoms with Gasteiger partial charge in [0.05, 0.1) is 22.4 Å². The summed E-state index contributed by atoms with van der Waals surface area (Å²) in [6.45, 7) is 4.28. The monoisotopic (exact) mass is 607 g/mol. The molecule has 0 aliphatic carbocycles. The second-order valence-electron chi connectivity index (χ2n) is 10.5. The maximum atomic E-state index is 13.9. The third kappa shape index (κ3) is 6.07. The number of anilines is 1. The molecule has 2 amide bonds. The molecule has 2 aromatic heterocycles. The van der Waals surface area contributed by atoms with Crippen molar-refractivity contribution in [3.63, 3.8) is 0 Å². The third-order valence-electron chi connectivity index (χ3n) is 7.47. The first-order chi connectivity index (χ1) is 20.9. The second-order valence-corrected chi connectivity index (χ2v) is 12.0. The number of nitrogens with one attached hydrogen (secondary N) is 1. The highest BCUT2D eigenvalue weighted by atomic mass is 35.5. The molecular weight excluding hydrogens is 578 g/mol. The van der Waals surface area contributed by atoms with Gasteiger partial charge < -0.3 is 5.32 Å². The molecule has 43 heavy (non-hydrogen) atoms. The topological polar surface area (TPSA) is 80.1 Å². The molecular formula is C34H30ClN5O2S. The maximum absolute atomic E-state index is 13.9. The lowest BCUT2D eigenvalue weighted by molar-refractivity contribution is -0.123. The summed E-state index contributed by atoms with van der Waals surface area (Å²) in [4.78, 5) is 33.0. The Hall–Kier alpha value is -4.40. The zero-order valence-corrected chi connectivity index (χ0v) is 25.4. The zero-order valence-electron chi connectivity index (χ0n) is 23.8. The van der Waals surface area contributed by atoms with Crippen molar-refractivity contribution in [2.75, 3.05) is 17.2 Å². The van der Waals surface area contributed by atoms with Gasteiger partial charge in [0.2, 0.25) is 11.8 Å². The Balaban J connectivity index is 1.53. The number of hydrogen-bond donors (Lipinski definition) is 1. The quantitative estimate of drug-likeness (QED) is 0.223. The molecule has 0 fully saturated rings. The number of aryl methyl sites for hydroxylation is 2. The summed E-state index contributed by atoms with van der Waals surface area (Å²) in [5, 5.41) is 8.53. The number of carbonyl (C=O) groups excluding carboxylic acids is 2. The lowest BCUT2D eigenvalue weighted by Gasteiger charge is -2.23. The molecule has 1 aliphatic rings. The average Bonchev–Trinajstić information content (AvgIpc) is 3.34. The van der Waals surface area contributed by atoms with Gasteiger partial charge in [0, 0.05) is 35.1 Å². The number of hydrogen-bond acceptors (Lipinski definition) is 5. The van der Waals surface area contributed by atoms with E-state index in [9.17, 15) is 9.59 Å².